The first-order chi connectivity index (χ1) is 17.2. The quantitative estimate of drug-likeness (QED) is 0.408. The highest BCUT2D eigenvalue weighted by Crippen LogP contribution is 2.31. The van der Waals surface area contributed by atoms with Crippen LogP contribution in [0.15, 0.2) is 48.5 Å². The van der Waals surface area contributed by atoms with E-state index in [0.29, 0.717) is 31.3 Å². The van der Waals surface area contributed by atoms with E-state index in [1.54, 1.807) is 18.2 Å². The molecule has 0 fully saturated rings. The van der Waals surface area contributed by atoms with Gasteiger partial charge in [-0.25, -0.2) is 4.98 Å². The molecule has 2 atom stereocenters. The van der Waals surface area contributed by atoms with E-state index < -0.39 is 36.0 Å². The minimum atomic E-state index is -4.60. The Balaban J connectivity index is 1.26. The van der Waals surface area contributed by atoms with Crippen molar-refractivity contribution in [3.63, 3.8) is 0 Å². The van der Waals surface area contributed by atoms with Crippen LogP contribution in [0.3, 0.4) is 0 Å². The molecule has 4 rings (SSSR count). The highest BCUT2D eigenvalue weighted by atomic mass is 19.4. The summed E-state index contributed by atoms with van der Waals surface area (Å²) in [6, 6.07) is 13.9. The lowest BCUT2D eigenvalue weighted by Gasteiger charge is -2.31. The predicted octanol–water partition coefficient (Wildman–Crippen LogP) is 2.26. The second-order valence-electron chi connectivity index (χ2n) is 8.74. The number of rotatable bonds is 8. The summed E-state index contributed by atoms with van der Waals surface area (Å²) in [5.74, 6) is -2.64. The van der Waals surface area contributed by atoms with Crippen LogP contribution in [0.5, 0.6) is 0 Å². The number of benzene rings is 2. The Morgan fingerprint density at radius 2 is 1.69 bits per heavy atom. The SMILES string of the molecule is O=C(NCCCCn1c(C(F)(F)F)nc2ccccc21)C(O)C(O)C(=O)N1CCc2ccccc2C1. The van der Waals surface area contributed by atoms with Gasteiger partial charge in [0.2, 0.25) is 5.82 Å². The van der Waals surface area contributed by atoms with Crippen LogP contribution in [0.1, 0.15) is 29.8 Å². The predicted molar refractivity (Wildman–Crippen MR) is 125 cm³/mol. The number of alkyl halides is 3. The maximum absolute atomic E-state index is 13.4. The van der Waals surface area contributed by atoms with Crippen LogP contribution in [0.2, 0.25) is 0 Å². The Morgan fingerprint density at radius 1 is 1.00 bits per heavy atom. The standard InChI is InChI=1S/C25H27F3N4O4/c26-25(27,28)24-30-18-9-3-4-10-19(18)32(24)13-6-5-12-29-22(35)20(33)21(34)23(36)31-14-11-16-7-1-2-8-17(16)15-31/h1-4,7-10,20-21,33-34H,5-6,11-15H2,(H,29,35). The molecule has 2 amide bonds. The molecule has 2 unspecified atom stereocenters. The highest BCUT2D eigenvalue weighted by Gasteiger charge is 2.37. The number of unbranched alkanes of at least 4 members (excludes halogenated alkanes) is 1. The van der Waals surface area contributed by atoms with Gasteiger partial charge in [0.1, 0.15) is 0 Å². The van der Waals surface area contributed by atoms with E-state index in [4.69, 9.17) is 0 Å². The number of hydrogen-bond acceptors (Lipinski definition) is 5. The Hall–Kier alpha value is -3.44. The number of fused-ring (bicyclic) bond motifs is 2. The summed E-state index contributed by atoms with van der Waals surface area (Å²) in [5, 5.41) is 22.9. The fraction of sp³-hybridized carbons (Fsp3) is 0.400. The summed E-state index contributed by atoms with van der Waals surface area (Å²) in [4.78, 5) is 30.0. The first-order valence-electron chi connectivity index (χ1n) is 11.7. The summed E-state index contributed by atoms with van der Waals surface area (Å²) in [6.07, 6.45) is -7.25. The van der Waals surface area contributed by atoms with Crippen molar-refractivity contribution in [3.05, 3.63) is 65.5 Å². The van der Waals surface area contributed by atoms with Crippen LogP contribution in [0.25, 0.3) is 11.0 Å². The van der Waals surface area contributed by atoms with E-state index in [0.717, 1.165) is 15.7 Å². The second-order valence-corrected chi connectivity index (χ2v) is 8.74. The van der Waals surface area contributed by atoms with Crippen molar-refractivity contribution in [2.45, 2.75) is 50.7 Å². The molecule has 3 aromatic rings. The van der Waals surface area contributed by atoms with Crippen molar-refractivity contribution >= 4 is 22.8 Å². The highest BCUT2D eigenvalue weighted by molar-refractivity contribution is 5.90. The van der Waals surface area contributed by atoms with Crippen LogP contribution in [0, 0.1) is 0 Å². The Kier molecular flexibility index (Phi) is 7.60. The Labute approximate surface area is 205 Å². The number of aliphatic hydroxyl groups is 2. The monoisotopic (exact) mass is 504 g/mol. The number of nitrogens with one attached hydrogen (secondary N) is 1. The zero-order valence-corrected chi connectivity index (χ0v) is 19.4. The van der Waals surface area contributed by atoms with E-state index in [-0.39, 0.29) is 25.2 Å². The van der Waals surface area contributed by atoms with Crippen molar-refractivity contribution in [1.82, 2.24) is 19.8 Å². The number of aromatic nitrogens is 2. The third kappa shape index (κ3) is 5.52. The molecule has 3 N–H and O–H groups in total. The number of para-hydroxylation sites is 2. The first kappa shape index (κ1) is 25.6. The van der Waals surface area contributed by atoms with Gasteiger partial charge in [-0.1, -0.05) is 36.4 Å². The largest absolute Gasteiger partial charge is 0.449 e. The number of imidazole rings is 1. The van der Waals surface area contributed by atoms with Crippen LogP contribution >= 0.6 is 0 Å². The second kappa shape index (κ2) is 10.7. The number of amides is 2. The number of aliphatic hydroxyl groups excluding tert-OH is 2. The lowest BCUT2D eigenvalue weighted by Crippen LogP contribution is -2.51. The smallest absolute Gasteiger partial charge is 0.380 e. The first-order valence-corrected chi connectivity index (χ1v) is 11.7. The molecule has 0 aliphatic carbocycles. The average molecular weight is 505 g/mol. The number of halogens is 3. The van der Waals surface area contributed by atoms with Crippen molar-refractivity contribution in [3.8, 4) is 0 Å². The summed E-state index contributed by atoms with van der Waals surface area (Å²) >= 11 is 0. The molecule has 0 saturated heterocycles. The van der Waals surface area contributed by atoms with Gasteiger partial charge < -0.3 is 25.0 Å². The van der Waals surface area contributed by atoms with Gasteiger partial charge in [0, 0.05) is 26.2 Å². The van der Waals surface area contributed by atoms with Crippen molar-refractivity contribution in [2.24, 2.45) is 0 Å². The van der Waals surface area contributed by atoms with Gasteiger partial charge in [-0.2, -0.15) is 13.2 Å². The van der Waals surface area contributed by atoms with E-state index >= 15 is 0 Å². The van der Waals surface area contributed by atoms with Gasteiger partial charge in [-0.15, -0.1) is 0 Å². The van der Waals surface area contributed by atoms with E-state index in [2.05, 4.69) is 10.3 Å². The minimum absolute atomic E-state index is 0.0331. The minimum Gasteiger partial charge on any atom is -0.380 e. The zero-order valence-electron chi connectivity index (χ0n) is 19.4. The van der Waals surface area contributed by atoms with Gasteiger partial charge in [-0.3, -0.25) is 9.59 Å². The lowest BCUT2D eigenvalue weighted by atomic mass is 9.99. The zero-order chi connectivity index (χ0) is 25.9. The summed E-state index contributed by atoms with van der Waals surface area (Å²) in [5.41, 5.74) is 2.67. The summed E-state index contributed by atoms with van der Waals surface area (Å²) in [7, 11) is 0. The van der Waals surface area contributed by atoms with Gasteiger partial charge in [0.15, 0.2) is 12.2 Å². The number of hydrogen-bond donors (Lipinski definition) is 3. The van der Waals surface area contributed by atoms with Crippen molar-refractivity contribution in [1.29, 1.82) is 0 Å². The van der Waals surface area contributed by atoms with Gasteiger partial charge in [-0.05, 0) is 42.5 Å². The van der Waals surface area contributed by atoms with Crippen molar-refractivity contribution in [2.75, 3.05) is 13.1 Å². The van der Waals surface area contributed by atoms with E-state index in [1.165, 1.54) is 11.0 Å². The lowest BCUT2D eigenvalue weighted by molar-refractivity contribution is -0.153. The average Bonchev–Trinajstić information content (AvgIpc) is 3.26. The molecule has 0 spiro atoms. The maximum atomic E-state index is 13.4. The van der Waals surface area contributed by atoms with Crippen molar-refractivity contribution < 1.29 is 33.0 Å². The molecule has 8 nitrogen and oxygen atoms in total. The molecule has 192 valence electrons. The molecule has 0 bridgehead atoms. The molecular formula is C25H27F3N4O4. The van der Waals surface area contributed by atoms with E-state index in [1.807, 2.05) is 24.3 Å². The van der Waals surface area contributed by atoms with Crippen LogP contribution in [0.4, 0.5) is 13.2 Å². The molecule has 1 aliphatic rings. The van der Waals surface area contributed by atoms with Gasteiger partial charge >= 0.3 is 6.18 Å². The summed E-state index contributed by atoms with van der Waals surface area (Å²) < 4.78 is 41.2. The van der Waals surface area contributed by atoms with Gasteiger partial charge in [0.25, 0.3) is 11.8 Å². The molecule has 2 heterocycles. The van der Waals surface area contributed by atoms with Crippen LogP contribution in [-0.4, -0.2) is 61.8 Å². The van der Waals surface area contributed by atoms with E-state index in [9.17, 15) is 33.0 Å². The topological polar surface area (TPSA) is 108 Å². The summed E-state index contributed by atoms with van der Waals surface area (Å²) in [6.45, 7) is 0.737. The number of carbonyl (C=O) groups excluding carboxylic acids is 2. The Morgan fingerprint density at radius 3 is 2.44 bits per heavy atom. The molecule has 1 aliphatic heterocycles. The molecule has 36 heavy (non-hydrogen) atoms. The number of nitrogens with zero attached hydrogens (tertiary/aromatic N) is 3. The van der Waals surface area contributed by atoms with Gasteiger partial charge in [0.05, 0.1) is 11.0 Å². The third-order valence-electron chi connectivity index (χ3n) is 6.28. The maximum Gasteiger partial charge on any atom is 0.449 e. The fourth-order valence-electron chi connectivity index (χ4n) is 4.38. The van der Waals surface area contributed by atoms with Crippen LogP contribution < -0.4 is 5.32 Å². The molecule has 2 aromatic carbocycles. The fourth-order valence-corrected chi connectivity index (χ4v) is 4.38. The number of carbonyl (C=O) groups is 2. The molecule has 0 saturated carbocycles. The Bertz CT molecular complexity index is 1240. The normalized spacial score (nSPS) is 15.4. The molecule has 0 radical (unpaired) electrons. The molecule has 11 heteroatoms. The molecule has 1 aromatic heterocycles. The molecular weight excluding hydrogens is 477 g/mol. The third-order valence-corrected chi connectivity index (χ3v) is 6.28. The number of aryl methyl sites for hydroxylation is 1. The van der Waals surface area contributed by atoms with Crippen LogP contribution in [-0.2, 0) is 35.3 Å².